The molecule has 1 fully saturated rings. The number of benzene rings is 1. The molecule has 1 amide bonds. The number of halogens is 1. The number of nitrogens with zero attached hydrogens (tertiary/aromatic N) is 4. The lowest BCUT2D eigenvalue weighted by molar-refractivity contribution is 0.0747. The maximum atomic E-state index is 12.6. The van der Waals surface area contributed by atoms with Gasteiger partial charge in [-0.15, -0.1) is 22.0 Å². The zero-order valence-electron chi connectivity index (χ0n) is 9.78. The van der Waals surface area contributed by atoms with E-state index in [1.807, 2.05) is 15.5 Å². The summed E-state index contributed by atoms with van der Waals surface area (Å²) in [6.45, 7) is 0. The average molecular weight is 293 g/mol. The lowest BCUT2D eigenvalue weighted by Gasteiger charge is -2.19. The highest BCUT2D eigenvalue weighted by molar-refractivity contribution is 7.99. The Balaban J connectivity index is 2.03. The first-order valence-corrected chi connectivity index (χ1v) is 7.37. The minimum Gasteiger partial charge on any atom is -0.318 e. The third-order valence-electron chi connectivity index (χ3n) is 3.46. The Morgan fingerprint density at radius 1 is 1.42 bits per heavy atom. The fourth-order valence-corrected chi connectivity index (χ4v) is 3.88. The van der Waals surface area contributed by atoms with Crippen molar-refractivity contribution in [3.8, 4) is 5.69 Å². The van der Waals surface area contributed by atoms with Gasteiger partial charge in [-0.05, 0) is 18.2 Å². The second-order valence-corrected chi connectivity index (χ2v) is 5.95. The van der Waals surface area contributed by atoms with Crippen LogP contribution in [0.25, 0.3) is 5.69 Å². The molecular formula is C12H9ClN4OS. The summed E-state index contributed by atoms with van der Waals surface area (Å²) in [7, 11) is 0. The quantitative estimate of drug-likeness (QED) is 0.746. The monoisotopic (exact) mass is 292 g/mol. The fourth-order valence-electron chi connectivity index (χ4n) is 2.56. The minimum atomic E-state index is -0.00817. The van der Waals surface area contributed by atoms with Crippen LogP contribution in [0.5, 0.6) is 0 Å². The SMILES string of the molecule is O=C1c2cc(Cl)ccc2-n2cnnc2C2CSCN12. The van der Waals surface area contributed by atoms with Gasteiger partial charge in [0.05, 0.1) is 17.1 Å². The first kappa shape index (κ1) is 11.3. The van der Waals surface area contributed by atoms with Crippen molar-refractivity contribution in [2.45, 2.75) is 6.04 Å². The van der Waals surface area contributed by atoms with Crippen molar-refractivity contribution >= 4 is 29.3 Å². The van der Waals surface area contributed by atoms with Crippen molar-refractivity contribution in [3.05, 3.63) is 40.9 Å². The predicted octanol–water partition coefficient (Wildman–Crippen LogP) is 2.12. The molecule has 1 unspecified atom stereocenters. The van der Waals surface area contributed by atoms with Crippen LogP contribution in [0.3, 0.4) is 0 Å². The van der Waals surface area contributed by atoms with E-state index in [0.717, 1.165) is 17.3 Å². The molecule has 0 N–H and O–H groups in total. The van der Waals surface area contributed by atoms with Gasteiger partial charge in [-0.1, -0.05) is 11.6 Å². The normalized spacial score (nSPS) is 20.8. The number of aromatic nitrogens is 3. The summed E-state index contributed by atoms with van der Waals surface area (Å²) in [5, 5.41) is 8.73. The van der Waals surface area contributed by atoms with Crippen LogP contribution in [-0.2, 0) is 0 Å². The van der Waals surface area contributed by atoms with Gasteiger partial charge in [-0.25, -0.2) is 0 Å². The minimum absolute atomic E-state index is 0.00817. The van der Waals surface area contributed by atoms with Crippen molar-refractivity contribution < 1.29 is 4.79 Å². The predicted molar refractivity (Wildman–Crippen MR) is 72.6 cm³/mol. The second-order valence-electron chi connectivity index (χ2n) is 4.51. The molecule has 0 bridgehead atoms. The summed E-state index contributed by atoms with van der Waals surface area (Å²) >= 11 is 7.75. The van der Waals surface area contributed by atoms with Crippen LogP contribution in [0, 0.1) is 0 Å². The molecule has 4 rings (SSSR count). The Hall–Kier alpha value is -1.53. The Bertz CT molecular complexity index is 686. The van der Waals surface area contributed by atoms with Crippen LogP contribution in [0.2, 0.25) is 5.02 Å². The topological polar surface area (TPSA) is 51.0 Å². The molecule has 2 aliphatic heterocycles. The van der Waals surface area contributed by atoms with Crippen LogP contribution >= 0.6 is 23.4 Å². The van der Waals surface area contributed by atoms with Crippen molar-refractivity contribution in [2.75, 3.05) is 11.6 Å². The Kier molecular flexibility index (Phi) is 2.37. The highest BCUT2D eigenvalue weighted by Crippen LogP contribution is 2.38. The van der Waals surface area contributed by atoms with Crippen LogP contribution in [0.4, 0.5) is 0 Å². The smallest absolute Gasteiger partial charge is 0.257 e. The van der Waals surface area contributed by atoms with Crippen molar-refractivity contribution in [1.29, 1.82) is 0 Å². The van der Waals surface area contributed by atoms with E-state index in [4.69, 9.17) is 11.6 Å². The molecule has 0 radical (unpaired) electrons. The number of amides is 1. The van der Waals surface area contributed by atoms with Crippen LogP contribution in [0.1, 0.15) is 22.2 Å². The Labute approximate surface area is 118 Å². The van der Waals surface area contributed by atoms with E-state index < -0.39 is 0 Å². The van der Waals surface area contributed by atoms with Crippen LogP contribution in [0.15, 0.2) is 24.5 Å². The van der Waals surface area contributed by atoms with Gasteiger partial charge < -0.3 is 4.90 Å². The maximum absolute atomic E-state index is 12.6. The third kappa shape index (κ3) is 1.53. The van der Waals surface area contributed by atoms with Gasteiger partial charge in [-0.3, -0.25) is 9.36 Å². The highest BCUT2D eigenvalue weighted by Gasteiger charge is 2.38. The summed E-state index contributed by atoms with van der Waals surface area (Å²) in [6, 6.07) is 5.33. The molecule has 2 aliphatic rings. The number of carbonyl (C=O) groups excluding carboxylic acids is 1. The lowest BCUT2D eigenvalue weighted by Crippen LogP contribution is -2.30. The molecule has 0 spiro atoms. The summed E-state index contributed by atoms with van der Waals surface area (Å²) < 4.78 is 1.89. The van der Waals surface area contributed by atoms with Gasteiger partial charge in [0.1, 0.15) is 12.4 Å². The number of rotatable bonds is 0. The van der Waals surface area contributed by atoms with Gasteiger partial charge in [0.2, 0.25) is 0 Å². The molecule has 0 aliphatic carbocycles. The van der Waals surface area contributed by atoms with E-state index in [1.54, 1.807) is 30.2 Å². The largest absolute Gasteiger partial charge is 0.318 e. The summed E-state index contributed by atoms with van der Waals surface area (Å²) in [5.41, 5.74) is 1.41. The molecule has 1 aromatic heterocycles. The second kappa shape index (κ2) is 3.98. The molecule has 19 heavy (non-hydrogen) atoms. The maximum Gasteiger partial charge on any atom is 0.257 e. The zero-order chi connectivity index (χ0) is 13.0. The molecule has 1 aromatic carbocycles. The highest BCUT2D eigenvalue weighted by atomic mass is 35.5. The van der Waals surface area contributed by atoms with E-state index in [2.05, 4.69) is 10.2 Å². The number of carbonyl (C=O) groups is 1. The average Bonchev–Trinajstić information content (AvgIpc) is 3.04. The molecule has 1 saturated heterocycles. The summed E-state index contributed by atoms with van der Waals surface area (Å²) in [6.07, 6.45) is 1.65. The molecule has 0 saturated carbocycles. The molecule has 2 aromatic rings. The van der Waals surface area contributed by atoms with Crippen LogP contribution < -0.4 is 0 Å². The number of hydrogen-bond donors (Lipinski definition) is 0. The summed E-state index contributed by atoms with van der Waals surface area (Å²) in [5.74, 6) is 2.37. The number of thioether (sulfide) groups is 1. The molecule has 3 heterocycles. The van der Waals surface area contributed by atoms with Gasteiger partial charge in [-0.2, -0.15) is 0 Å². The van der Waals surface area contributed by atoms with E-state index >= 15 is 0 Å². The third-order valence-corrected chi connectivity index (χ3v) is 4.71. The number of fused-ring (bicyclic) bond motifs is 5. The fraction of sp³-hybridized carbons (Fsp3) is 0.250. The van der Waals surface area contributed by atoms with E-state index in [1.165, 1.54) is 0 Å². The lowest BCUT2D eigenvalue weighted by atomic mass is 10.1. The van der Waals surface area contributed by atoms with Crippen molar-refractivity contribution in [3.63, 3.8) is 0 Å². The van der Waals surface area contributed by atoms with E-state index in [-0.39, 0.29) is 11.9 Å². The molecule has 1 atom stereocenters. The van der Waals surface area contributed by atoms with Crippen molar-refractivity contribution in [2.24, 2.45) is 0 Å². The zero-order valence-corrected chi connectivity index (χ0v) is 11.4. The molecule has 7 heteroatoms. The van der Waals surface area contributed by atoms with Crippen LogP contribution in [-0.4, -0.2) is 37.2 Å². The Morgan fingerprint density at radius 3 is 3.21 bits per heavy atom. The standard InChI is InChI=1S/C12H9ClN4OS/c13-7-1-2-9-8(3-7)12(18)17-6-19-4-10(17)11-15-14-5-16(9)11/h1-3,5,10H,4,6H2. The number of hydrogen-bond acceptors (Lipinski definition) is 4. The molecular weight excluding hydrogens is 284 g/mol. The molecule has 5 nitrogen and oxygen atoms in total. The molecule has 96 valence electrons. The van der Waals surface area contributed by atoms with Gasteiger partial charge in [0, 0.05) is 10.8 Å². The Morgan fingerprint density at radius 2 is 2.32 bits per heavy atom. The first-order chi connectivity index (χ1) is 9.25. The van der Waals surface area contributed by atoms with Gasteiger partial charge >= 0.3 is 0 Å². The van der Waals surface area contributed by atoms with E-state index in [0.29, 0.717) is 16.5 Å². The summed E-state index contributed by atoms with van der Waals surface area (Å²) in [4.78, 5) is 14.5. The van der Waals surface area contributed by atoms with E-state index in [9.17, 15) is 4.79 Å². The van der Waals surface area contributed by atoms with Gasteiger partial charge in [0.25, 0.3) is 5.91 Å². The van der Waals surface area contributed by atoms with Crippen molar-refractivity contribution in [1.82, 2.24) is 19.7 Å². The van der Waals surface area contributed by atoms with Gasteiger partial charge in [0.15, 0.2) is 5.82 Å². The first-order valence-electron chi connectivity index (χ1n) is 5.84.